The molecule has 3 nitrogen and oxygen atoms in total. The van der Waals surface area contributed by atoms with Crippen molar-refractivity contribution < 1.29 is 14.6 Å². The highest BCUT2D eigenvalue weighted by Crippen LogP contribution is 2.50. The van der Waals surface area contributed by atoms with Gasteiger partial charge in [0.15, 0.2) is 6.29 Å². The first-order chi connectivity index (χ1) is 10.6. The van der Waals surface area contributed by atoms with Crippen molar-refractivity contribution in [1.29, 1.82) is 0 Å². The van der Waals surface area contributed by atoms with Crippen molar-refractivity contribution in [2.24, 2.45) is 34.5 Å². The Bertz CT molecular complexity index is 377. The minimum Gasteiger partial charge on any atom is -0.393 e. The molecular weight excluding hydrogens is 288 g/mol. The van der Waals surface area contributed by atoms with Gasteiger partial charge in [0.2, 0.25) is 0 Å². The molecule has 4 atom stereocenters. The zero-order valence-corrected chi connectivity index (χ0v) is 16.3. The molecular formula is C20H38O3. The van der Waals surface area contributed by atoms with Crippen molar-refractivity contribution in [3.63, 3.8) is 0 Å². The molecule has 4 unspecified atom stereocenters. The van der Waals surface area contributed by atoms with Crippen molar-refractivity contribution in [1.82, 2.24) is 0 Å². The lowest BCUT2D eigenvalue weighted by Crippen LogP contribution is -2.51. The maximum atomic E-state index is 11.1. The highest BCUT2D eigenvalue weighted by Gasteiger charge is 2.49. The van der Waals surface area contributed by atoms with Crippen LogP contribution in [0.5, 0.6) is 0 Å². The first kappa shape index (κ1) is 19.2. The molecule has 0 aromatic rings. The molecule has 136 valence electrons. The minimum absolute atomic E-state index is 0.0845. The molecule has 0 spiro atoms. The maximum absolute atomic E-state index is 11.1. The molecule has 2 fully saturated rings. The Kier molecular flexibility index (Phi) is 5.86. The van der Waals surface area contributed by atoms with Crippen LogP contribution >= 0.6 is 0 Å². The normalized spacial score (nSPS) is 40.2. The third-order valence-electron chi connectivity index (χ3n) is 6.44. The Hall–Kier alpha value is -0.120. The molecule has 2 rings (SSSR count). The highest BCUT2D eigenvalue weighted by molar-refractivity contribution is 4.97. The summed E-state index contributed by atoms with van der Waals surface area (Å²) in [6.45, 7) is 17.4. The van der Waals surface area contributed by atoms with E-state index in [0.717, 1.165) is 32.5 Å². The molecule has 0 radical (unpaired) electrons. The Labute approximate surface area is 143 Å². The van der Waals surface area contributed by atoms with Gasteiger partial charge in [-0.2, -0.15) is 0 Å². The van der Waals surface area contributed by atoms with Crippen LogP contribution in [0, 0.1) is 34.5 Å². The molecule has 2 aliphatic rings. The van der Waals surface area contributed by atoms with Gasteiger partial charge in [-0.15, -0.1) is 0 Å². The number of rotatable bonds is 3. The van der Waals surface area contributed by atoms with E-state index in [0.29, 0.717) is 23.7 Å². The van der Waals surface area contributed by atoms with Crippen molar-refractivity contribution >= 4 is 0 Å². The molecule has 0 amide bonds. The van der Waals surface area contributed by atoms with Crippen LogP contribution < -0.4 is 0 Å². The molecule has 1 saturated heterocycles. The number of hydrogen-bond acceptors (Lipinski definition) is 3. The molecule has 1 heterocycles. The zero-order chi connectivity index (χ0) is 17.4. The Morgan fingerprint density at radius 3 is 1.96 bits per heavy atom. The number of ether oxygens (including phenoxy) is 2. The summed E-state index contributed by atoms with van der Waals surface area (Å²) in [5.74, 6) is 1.48. The second-order valence-corrected chi connectivity index (χ2v) is 9.78. The highest BCUT2D eigenvalue weighted by atomic mass is 16.7. The maximum Gasteiger partial charge on any atom is 0.160 e. The van der Waals surface area contributed by atoms with E-state index in [1.807, 2.05) is 0 Å². The van der Waals surface area contributed by atoms with Crippen molar-refractivity contribution in [2.75, 3.05) is 13.2 Å². The summed E-state index contributed by atoms with van der Waals surface area (Å²) in [5, 5.41) is 11.1. The molecule has 0 aromatic carbocycles. The lowest BCUT2D eigenvalue weighted by Gasteiger charge is -2.51. The van der Waals surface area contributed by atoms with Crippen molar-refractivity contribution in [3.05, 3.63) is 0 Å². The fourth-order valence-corrected chi connectivity index (χ4v) is 4.33. The van der Waals surface area contributed by atoms with Gasteiger partial charge in [0, 0.05) is 11.8 Å². The van der Waals surface area contributed by atoms with Gasteiger partial charge in [0.25, 0.3) is 0 Å². The number of hydrogen-bond donors (Lipinski definition) is 1. The fraction of sp³-hybridized carbons (Fsp3) is 1.00. The van der Waals surface area contributed by atoms with Crippen LogP contribution in [0.3, 0.4) is 0 Å². The van der Waals surface area contributed by atoms with Gasteiger partial charge in [-0.3, -0.25) is 0 Å². The van der Waals surface area contributed by atoms with Crippen LogP contribution in [0.1, 0.15) is 67.7 Å². The molecule has 0 aromatic heterocycles. The Morgan fingerprint density at radius 2 is 1.48 bits per heavy atom. The summed E-state index contributed by atoms with van der Waals surface area (Å²) in [6, 6.07) is 0. The first-order valence-electron chi connectivity index (χ1n) is 9.47. The molecule has 23 heavy (non-hydrogen) atoms. The Morgan fingerprint density at radius 1 is 0.957 bits per heavy atom. The van der Waals surface area contributed by atoms with Gasteiger partial charge in [0.1, 0.15) is 0 Å². The summed E-state index contributed by atoms with van der Waals surface area (Å²) in [4.78, 5) is 0. The van der Waals surface area contributed by atoms with E-state index in [1.165, 1.54) is 0 Å². The number of aliphatic hydroxyl groups excluding tert-OH is 1. The van der Waals surface area contributed by atoms with E-state index < -0.39 is 0 Å². The van der Waals surface area contributed by atoms with Gasteiger partial charge in [0.05, 0.1) is 19.3 Å². The predicted octanol–water partition coefficient (Wildman–Crippen LogP) is 4.48. The van der Waals surface area contributed by atoms with Gasteiger partial charge in [-0.05, 0) is 35.5 Å². The monoisotopic (exact) mass is 326 g/mol. The first-order valence-corrected chi connectivity index (χ1v) is 9.47. The van der Waals surface area contributed by atoms with Crippen LogP contribution in [-0.4, -0.2) is 30.7 Å². The lowest BCUT2D eigenvalue weighted by atomic mass is 9.57. The van der Waals surface area contributed by atoms with Gasteiger partial charge >= 0.3 is 0 Å². The largest absolute Gasteiger partial charge is 0.393 e. The van der Waals surface area contributed by atoms with Gasteiger partial charge in [-0.25, -0.2) is 0 Å². The summed E-state index contributed by atoms with van der Waals surface area (Å²) in [6.07, 6.45) is 2.78. The van der Waals surface area contributed by atoms with Gasteiger partial charge in [-0.1, -0.05) is 54.9 Å². The molecule has 0 bridgehead atoms. The minimum atomic E-state index is -0.233. The van der Waals surface area contributed by atoms with Crippen LogP contribution in [-0.2, 0) is 9.47 Å². The molecule has 3 heteroatoms. The smallest absolute Gasteiger partial charge is 0.160 e. The third-order valence-corrected chi connectivity index (χ3v) is 6.44. The average Bonchev–Trinajstić information content (AvgIpc) is 2.47. The average molecular weight is 327 g/mol. The summed E-state index contributed by atoms with van der Waals surface area (Å²) >= 11 is 0. The number of aliphatic hydroxyl groups is 1. The predicted molar refractivity (Wildman–Crippen MR) is 94.1 cm³/mol. The van der Waals surface area contributed by atoms with E-state index in [1.54, 1.807) is 0 Å². The van der Waals surface area contributed by atoms with E-state index in [4.69, 9.17) is 9.47 Å². The van der Waals surface area contributed by atoms with Crippen LogP contribution in [0.15, 0.2) is 0 Å². The zero-order valence-electron chi connectivity index (χ0n) is 16.3. The van der Waals surface area contributed by atoms with Gasteiger partial charge < -0.3 is 14.6 Å². The summed E-state index contributed by atoms with van der Waals surface area (Å²) in [7, 11) is 0. The van der Waals surface area contributed by atoms with Crippen LogP contribution in [0.4, 0.5) is 0 Å². The summed E-state index contributed by atoms with van der Waals surface area (Å²) in [5.41, 5.74) is 0.242. The molecule has 1 aliphatic heterocycles. The second-order valence-electron chi connectivity index (χ2n) is 9.78. The van der Waals surface area contributed by atoms with E-state index in [-0.39, 0.29) is 23.2 Å². The van der Waals surface area contributed by atoms with Crippen LogP contribution in [0.25, 0.3) is 0 Å². The third kappa shape index (κ3) is 4.29. The fourth-order valence-electron chi connectivity index (χ4n) is 4.33. The van der Waals surface area contributed by atoms with Crippen LogP contribution in [0.2, 0.25) is 0 Å². The Balaban J connectivity index is 2.20. The quantitative estimate of drug-likeness (QED) is 0.831. The van der Waals surface area contributed by atoms with Crippen molar-refractivity contribution in [3.8, 4) is 0 Å². The second kappa shape index (κ2) is 7.01. The lowest BCUT2D eigenvalue weighted by molar-refractivity contribution is -0.241. The molecule has 1 N–H and O–H groups in total. The molecule has 1 saturated carbocycles. The summed E-state index contributed by atoms with van der Waals surface area (Å²) < 4.78 is 12.0. The SMILES string of the molecule is CCC(C)(C)C1CC(C2OCC(C)CO2)CC(C(C)(C)C)C1O. The topological polar surface area (TPSA) is 38.7 Å². The van der Waals surface area contributed by atoms with E-state index in [2.05, 4.69) is 48.5 Å². The molecule has 1 aliphatic carbocycles. The van der Waals surface area contributed by atoms with E-state index >= 15 is 0 Å². The standard InChI is InChI=1S/C20H38O3/c1-8-20(6,7)16-10-14(18-22-11-13(2)12-23-18)9-15(17(16)21)19(3,4)5/h13-18,21H,8-12H2,1-7H3. The van der Waals surface area contributed by atoms with Crippen molar-refractivity contribution in [2.45, 2.75) is 80.1 Å². The van der Waals surface area contributed by atoms with E-state index in [9.17, 15) is 5.11 Å².